The van der Waals surface area contributed by atoms with Crippen LogP contribution in [-0.2, 0) is 14.3 Å². The maximum Gasteiger partial charge on any atom is 0.410 e. The fourth-order valence-electron chi connectivity index (χ4n) is 5.51. The molecule has 1 atom stereocenters. The molecule has 0 radical (unpaired) electrons. The molecule has 1 saturated carbocycles. The molecule has 1 unspecified atom stereocenters. The molecule has 0 aromatic heterocycles. The van der Waals surface area contributed by atoms with Crippen molar-refractivity contribution in [3.63, 3.8) is 0 Å². The van der Waals surface area contributed by atoms with Gasteiger partial charge >= 0.3 is 6.09 Å². The number of amides is 3. The van der Waals surface area contributed by atoms with Gasteiger partial charge in [0.2, 0.25) is 11.8 Å². The molecule has 0 bridgehead atoms. The number of benzene rings is 1. The zero-order valence-electron chi connectivity index (χ0n) is 22.4. The first-order valence-electron chi connectivity index (χ1n) is 13.3. The lowest BCUT2D eigenvalue weighted by Gasteiger charge is -2.43. The van der Waals surface area contributed by atoms with E-state index in [0.29, 0.717) is 23.8 Å². The Morgan fingerprint density at radius 1 is 1.08 bits per heavy atom. The van der Waals surface area contributed by atoms with Gasteiger partial charge in [-0.1, -0.05) is 0 Å². The Hall–Kier alpha value is -2.88. The predicted molar refractivity (Wildman–Crippen MR) is 140 cm³/mol. The molecule has 2 heterocycles. The number of nitrogens with one attached hydrogen (secondary N) is 2. The van der Waals surface area contributed by atoms with Crippen LogP contribution in [0, 0.1) is 5.82 Å². The quantitative estimate of drug-likeness (QED) is 0.579. The fraction of sp³-hybridized carbons (Fsp3) is 0.667. The molecule has 3 aliphatic rings. The molecule has 1 aromatic carbocycles. The van der Waals surface area contributed by atoms with E-state index in [9.17, 15) is 18.8 Å². The van der Waals surface area contributed by atoms with E-state index in [4.69, 9.17) is 4.74 Å². The van der Waals surface area contributed by atoms with Gasteiger partial charge in [-0.25, -0.2) is 9.18 Å². The summed E-state index contributed by atoms with van der Waals surface area (Å²) in [5.41, 5.74) is 0.602. The molecule has 3 amide bonds. The molecule has 3 fully saturated rings. The van der Waals surface area contributed by atoms with Crippen LogP contribution in [0.2, 0.25) is 0 Å². The van der Waals surface area contributed by atoms with Crippen LogP contribution in [0.4, 0.5) is 20.6 Å². The number of imide groups is 1. The van der Waals surface area contributed by atoms with Crippen LogP contribution in [-0.4, -0.2) is 84.7 Å². The maximum atomic E-state index is 15.0. The number of carbonyl (C=O) groups is 3. The molecule has 0 spiro atoms. The number of ether oxygens (including phenoxy) is 1. The minimum Gasteiger partial charge on any atom is -0.444 e. The van der Waals surface area contributed by atoms with E-state index in [-0.39, 0.29) is 36.2 Å². The highest BCUT2D eigenvalue weighted by molar-refractivity contribution is 6.01. The van der Waals surface area contributed by atoms with E-state index in [2.05, 4.69) is 20.4 Å². The number of carbonyl (C=O) groups excluding carboxylic acids is 3. The van der Waals surface area contributed by atoms with Crippen LogP contribution in [0.25, 0.3) is 0 Å². The van der Waals surface area contributed by atoms with Crippen LogP contribution >= 0.6 is 0 Å². The number of rotatable bonds is 5. The Morgan fingerprint density at radius 2 is 1.76 bits per heavy atom. The zero-order chi connectivity index (χ0) is 26.7. The molecule has 2 aliphatic heterocycles. The maximum absolute atomic E-state index is 15.0. The molecule has 4 rings (SSSR count). The van der Waals surface area contributed by atoms with Crippen molar-refractivity contribution in [3.8, 4) is 0 Å². The van der Waals surface area contributed by atoms with Crippen LogP contribution in [0.1, 0.15) is 59.3 Å². The fourth-order valence-corrected chi connectivity index (χ4v) is 5.51. The average molecular weight is 518 g/mol. The van der Waals surface area contributed by atoms with E-state index in [0.717, 1.165) is 51.9 Å². The van der Waals surface area contributed by atoms with Crippen LogP contribution < -0.4 is 15.5 Å². The van der Waals surface area contributed by atoms with Gasteiger partial charge in [0.15, 0.2) is 0 Å². The van der Waals surface area contributed by atoms with Gasteiger partial charge in [0.05, 0.1) is 5.69 Å². The minimum absolute atomic E-state index is 0.203. The van der Waals surface area contributed by atoms with Crippen molar-refractivity contribution in [2.45, 2.75) is 83.0 Å². The van der Waals surface area contributed by atoms with Crippen molar-refractivity contribution in [2.24, 2.45) is 0 Å². The Kier molecular flexibility index (Phi) is 8.26. The van der Waals surface area contributed by atoms with Crippen LogP contribution in [0.15, 0.2) is 18.2 Å². The van der Waals surface area contributed by atoms with Crippen molar-refractivity contribution < 1.29 is 23.5 Å². The van der Waals surface area contributed by atoms with Gasteiger partial charge in [0, 0.05) is 57.4 Å². The first kappa shape index (κ1) is 27.2. The predicted octanol–water partition coefficient (Wildman–Crippen LogP) is 3.34. The number of halogens is 1. The SMILES string of the molecule is CN(C(=O)OC(C)(C)C)C1CCC(N2CCN(c3ccc(NC4CCC(=O)NC4=O)cc3F)CC2)CC1. The smallest absolute Gasteiger partial charge is 0.410 e. The lowest BCUT2D eigenvalue weighted by atomic mass is 9.89. The zero-order valence-corrected chi connectivity index (χ0v) is 22.4. The first-order valence-corrected chi connectivity index (χ1v) is 13.3. The van der Waals surface area contributed by atoms with Crippen molar-refractivity contribution in [3.05, 3.63) is 24.0 Å². The molecule has 1 aliphatic carbocycles. The van der Waals surface area contributed by atoms with Crippen molar-refractivity contribution in [2.75, 3.05) is 43.4 Å². The number of piperidine rings is 1. The normalized spacial score (nSPS) is 25.4. The average Bonchev–Trinajstić information content (AvgIpc) is 2.85. The van der Waals surface area contributed by atoms with E-state index in [1.165, 1.54) is 6.07 Å². The minimum atomic E-state index is -0.537. The summed E-state index contributed by atoms with van der Waals surface area (Å²) in [6.45, 7) is 8.87. The second-order valence-corrected chi connectivity index (χ2v) is 11.4. The summed E-state index contributed by atoms with van der Waals surface area (Å²) in [5, 5.41) is 5.35. The second kappa shape index (κ2) is 11.2. The van der Waals surface area contributed by atoms with Gasteiger partial charge in [-0.3, -0.25) is 19.8 Å². The van der Waals surface area contributed by atoms with E-state index >= 15 is 0 Å². The third-order valence-corrected chi connectivity index (χ3v) is 7.59. The van der Waals surface area contributed by atoms with E-state index in [1.807, 2.05) is 27.8 Å². The summed E-state index contributed by atoms with van der Waals surface area (Å²) in [6, 6.07) is 5.12. The summed E-state index contributed by atoms with van der Waals surface area (Å²) in [5.74, 6) is -0.969. The molecule has 2 N–H and O–H groups in total. The Labute approximate surface area is 218 Å². The molecular formula is C27H40FN5O4. The van der Waals surface area contributed by atoms with Gasteiger partial charge in [0.25, 0.3) is 0 Å². The topological polar surface area (TPSA) is 94.2 Å². The second-order valence-electron chi connectivity index (χ2n) is 11.4. The van der Waals surface area contributed by atoms with Crippen molar-refractivity contribution in [1.82, 2.24) is 15.1 Å². The summed E-state index contributed by atoms with van der Waals surface area (Å²) >= 11 is 0. The van der Waals surface area contributed by atoms with Crippen LogP contribution in [0.3, 0.4) is 0 Å². The summed E-state index contributed by atoms with van der Waals surface area (Å²) in [7, 11) is 1.83. The van der Waals surface area contributed by atoms with Crippen LogP contribution in [0.5, 0.6) is 0 Å². The van der Waals surface area contributed by atoms with Crippen molar-refractivity contribution >= 4 is 29.3 Å². The Morgan fingerprint density at radius 3 is 2.35 bits per heavy atom. The number of piperazine rings is 1. The summed E-state index contributed by atoms with van der Waals surface area (Å²) in [4.78, 5) is 42.0. The Bertz CT molecular complexity index is 997. The Balaban J connectivity index is 1.24. The monoisotopic (exact) mass is 517 g/mol. The molecular weight excluding hydrogens is 477 g/mol. The summed E-state index contributed by atoms with van der Waals surface area (Å²) < 4.78 is 20.5. The van der Waals surface area contributed by atoms with Gasteiger partial charge in [-0.2, -0.15) is 0 Å². The standard InChI is InChI=1S/C27H40FN5O4/c1-27(2,3)37-26(36)31(4)19-6-8-20(9-7-19)32-13-15-33(16-14-32)23-11-5-18(17-21(23)28)29-22-10-12-24(34)30-25(22)35/h5,11,17,19-20,22,29H,6-10,12-16H2,1-4H3,(H,30,34,35). The van der Waals surface area contributed by atoms with Gasteiger partial charge in [0.1, 0.15) is 17.5 Å². The summed E-state index contributed by atoms with van der Waals surface area (Å²) in [6.07, 6.45) is 4.39. The molecule has 204 valence electrons. The highest BCUT2D eigenvalue weighted by Gasteiger charge is 2.33. The third-order valence-electron chi connectivity index (χ3n) is 7.59. The number of nitrogens with zero attached hydrogens (tertiary/aromatic N) is 3. The van der Waals surface area contributed by atoms with Gasteiger partial charge < -0.3 is 19.9 Å². The molecule has 1 aromatic rings. The molecule has 9 nitrogen and oxygen atoms in total. The van der Waals surface area contributed by atoms with Gasteiger partial charge in [-0.15, -0.1) is 0 Å². The highest BCUT2D eigenvalue weighted by atomic mass is 19.1. The van der Waals surface area contributed by atoms with E-state index in [1.54, 1.807) is 17.0 Å². The lowest BCUT2D eigenvalue weighted by Crippen LogP contribution is -2.52. The third kappa shape index (κ3) is 6.91. The molecule has 10 heteroatoms. The van der Waals surface area contributed by atoms with E-state index < -0.39 is 11.6 Å². The number of hydrogen-bond donors (Lipinski definition) is 2. The van der Waals surface area contributed by atoms with Crippen molar-refractivity contribution in [1.29, 1.82) is 0 Å². The largest absolute Gasteiger partial charge is 0.444 e. The highest BCUT2D eigenvalue weighted by Crippen LogP contribution is 2.30. The number of hydrogen-bond acceptors (Lipinski definition) is 7. The lowest BCUT2D eigenvalue weighted by molar-refractivity contribution is -0.133. The molecule has 37 heavy (non-hydrogen) atoms. The first-order chi connectivity index (χ1) is 17.5. The molecule has 2 saturated heterocycles. The van der Waals surface area contributed by atoms with Gasteiger partial charge in [-0.05, 0) is 71.1 Å². The number of anilines is 2.